The number of nitrogens with one attached hydrogen (secondary N) is 1. The summed E-state index contributed by atoms with van der Waals surface area (Å²) in [5, 5.41) is 4.01. The summed E-state index contributed by atoms with van der Waals surface area (Å²) in [6, 6.07) is 17.7. The third-order valence-electron chi connectivity index (χ3n) is 3.86. The van der Waals surface area contributed by atoms with Crippen LogP contribution in [0.25, 0.3) is 10.9 Å². The number of fused-ring (bicyclic) bond motifs is 1. The van der Waals surface area contributed by atoms with Crippen LogP contribution >= 0.6 is 0 Å². The Morgan fingerprint density at radius 1 is 1.09 bits per heavy atom. The van der Waals surface area contributed by atoms with Crippen molar-refractivity contribution < 1.29 is 4.79 Å². The molecule has 0 bridgehead atoms. The molecule has 0 aliphatic carbocycles. The van der Waals surface area contributed by atoms with Crippen LogP contribution in [-0.2, 0) is 0 Å². The van der Waals surface area contributed by atoms with Crippen LogP contribution in [0, 0.1) is 6.92 Å². The van der Waals surface area contributed by atoms with Gasteiger partial charge in [0.1, 0.15) is 0 Å². The van der Waals surface area contributed by atoms with Crippen molar-refractivity contribution in [2.75, 3.05) is 0 Å². The second-order valence-corrected chi connectivity index (χ2v) is 5.47. The number of carbonyl (C=O) groups excluding carboxylic acids is 1. The van der Waals surface area contributed by atoms with Gasteiger partial charge in [-0.1, -0.05) is 42.5 Å². The van der Waals surface area contributed by atoms with Gasteiger partial charge in [0.05, 0.1) is 17.1 Å². The zero-order valence-electron chi connectivity index (χ0n) is 12.7. The van der Waals surface area contributed by atoms with Gasteiger partial charge < -0.3 is 5.32 Å². The van der Waals surface area contributed by atoms with E-state index < -0.39 is 0 Å². The molecule has 0 aliphatic rings. The Morgan fingerprint density at radius 2 is 1.82 bits per heavy atom. The van der Waals surface area contributed by atoms with Gasteiger partial charge in [-0.2, -0.15) is 0 Å². The molecule has 110 valence electrons. The molecule has 1 atom stereocenters. The molecule has 0 saturated carbocycles. The molecule has 1 unspecified atom stereocenters. The average Bonchev–Trinajstić information content (AvgIpc) is 2.54. The van der Waals surface area contributed by atoms with E-state index in [-0.39, 0.29) is 11.9 Å². The van der Waals surface area contributed by atoms with E-state index in [1.807, 2.05) is 55.5 Å². The molecule has 1 N–H and O–H groups in total. The summed E-state index contributed by atoms with van der Waals surface area (Å²) < 4.78 is 0. The largest absolute Gasteiger partial charge is 0.345 e. The van der Waals surface area contributed by atoms with Crippen molar-refractivity contribution in [2.45, 2.75) is 19.9 Å². The molecule has 3 heteroatoms. The molecule has 1 amide bonds. The lowest BCUT2D eigenvalue weighted by molar-refractivity contribution is 0.0939. The quantitative estimate of drug-likeness (QED) is 0.791. The van der Waals surface area contributed by atoms with Crippen molar-refractivity contribution in [3.05, 3.63) is 77.5 Å². The molecule has 3 aromatic rings. The Bertz CT molecular complexity index is 826. The van der Waals surface area contributed by atoms with Gasteiger partial charge in [0, 0.05) is 11.6 Å². The van der Waals surface area contributed by atoms with Gasteiger partial charge in [0.25, 0.3) is 5.91 Å². The molecule has 0 radical (unpaired) electrons. The molecule has 22 heavy (non-hydrogen) atoms. The number of pyridine rings is 1. The van der Waals surface area contributed by atoms with Crippen molar-refractivity contribution in [1.82, 2.24) is 10.3 Å². The lowest BCUT2D eigenvalue weighted by Gasteiger charge is -2.16. The van der Waals surface area contributed by atoms with E-state index >= 15 is 0 Å². The molecule has 0 fully saturated rings. The van der Waals surface area contributed by atoms with E-state index in [1.165, 1.54) is 5.56 Å². The monoisotopic (exact) mass is 290 g/mol. The Kier molecular flexibility index (Phi) is 3.88. The molecular weight excluding hydrogens is 272 g/mol. The van der Waals surface area contributed by atoms with E-state index in [1.54, 1.807) is 6.20 Å². The fourth-order valence-corrected chi connectivity index (χ4v) is 2.63. The zero-order valence-corrected chi connectivity index (χ0v) is 12.7. The van der Waals surface area contributed by atoms with E-state index in [0.717, 1.165) is 16.5 Å². The van der Waals surface area contributed by atoms with E-state index in [2.05, 4.69) is 23.3 Å². The van der Waals surface area contributed by atoms with Gasteiger partial charge in [-0.25, -0.2) is 0 Å². The van der Waals surface area contributed by atoms with Crippen molar-refractivity contribution in [2.24, 2.45) is 0 Å². The molecule has 1 aromatic heterocycles. The smallest absolute Gasteiger partial charge is 0.253 e. The van der Waals surface area contributed by atoms with Crippen LogP contribution in [-0.4, -0.2) is 10.9 Å². The average molecular weight is 290 g/mol. The summed E-state index contributed by atoms with van der Waals surface area (Å²) in [5.74, 6) is -0.103. The number of benzene rings is 2. The summed E-state index contributed by atoms with van der Waals surface area (Å²) in [6.45, 7) is 4.05. The van der Waals surface area contributed by atoms with Crippen LogP contribution in [0.1, 0.15) is 34.5 Å². The Balaban J connectivity index is 1.82. The van der Waals surface area contributed by atoms with Crippen molar-refractivity contribution in [3.8, 4) is 0 Å². The number of aromatic nitrogens is 1. The predicted octanol–water partition coefficient (Wildman–Crippen LogP) is 4.03. The van der Waals surface area contributed by atoms with Gasteiger partial charge in [-0.05, 0) is 37.1 Å². The maximum Gasteiger partial charge on any atom is 0.253 e. The summed E-state index contributed by atoms with van der Waals surface area (Å²) in [4.78, 5) is 16.8. The van der Waals surface area contributed by atoms with Gasteiger partial charge >= 0.3 is 0 Å². The third kappa shape index (κ3) is 2.84. The second-order valence-electron chi connectivity index (χ2n) is 5.47. The highest BCUT2D eigenvalue weighted by atomic mass is 16.1. The van der Waals surface area contributed by atoms with E-state index in [0.29, 0.717) is 5.56 Å². The van der Waals surface area contributed by atoms with Crippen molar-refractivity contribution >= 4 is 16.8 Å². The highest BCUT2D eigenvalue weighted by Crippen LogP contribution is 2.18. The summed E-state index contributed by atoms with van der Waals surface area (Å²) in [6.07, 6.45) is 1.63. The fourth-order valence-electron chi connectivity index (χ4n) is 2.63. The minimum atomic E-state index is -0.103. The van der Waals surface area contributed by atoms with Crippen molar-refractivity contribution in [3.63, 3.8) is 0 Å². The van der Waals surface area contributed by atoms with Crippen molar-refractivity contribution in [1.29, 1.82) is 0 Å². The molecular formula is C19H18N2O. The number of hydrogen-bond acceptors (Lipinski definition) is 2. The number of nitrogens with zero attached hydrogens (tertiary/aromatic N) is 1. The predicted molar refractivity (Wildman–Crippen MR) is 88.8 cm³/mol. The SMILES string of the molecule is Cc1ccccc1C(C)NC(=O)c1cnc2ccccc2c1. The summed E-state index contributed by atoms with van der Waals surface area (Å²) in [7, 11) is 0. The van der Waals surface area contributed by atoms with Gasteiger partial charge in [0.15, 0.2) is 0 Å². The lowest BCUT2D eigenvalue weighted by atomic mass is 10.0. The maximum atomic E-state index is 12.4. The number of amides is 1. The van der Waals surface area contributed by atoms with Crippen LogP contribution < -0.4 is 5.32 Å². The van der Waals surface area contributed by atoms with Crippen LogP contribution in [0.3, 0.4) is 0 Å². The normalized spacial score (nSPS) is 12.1. The second kappa shape index (κ2) is 5.98. The maximum absolute atomic E-state index is 12.4. The third-order valence-corrected chi connectivity index (χ3v) is 3.86. The number of hydrogen-bond donors (Lipinski definition) is 1. The first-order chi connectivity index (χ1) is 10.6. The number of para-hydroxylation sites is 1. The highest BCUT2D eigenvalue weighted by Gasteiger charge is 2.13. The summed E-state index contributed by atoms with van der Waals surface area (Å²) in [5.41, 5.74) is 3.78. The molecule has 3 nitrogen and oxygen atoms in total. The van der Waals surface area contributed by atoms with E-state index in [9.17, 15) is 4.79 Å². The fraction of sp³-hybridized carbons (Fsp3) is 0.158. The number of rotatable bonds is 3. The zero-order chi connectivity index (χ0) is 15.5. The van der Waals surface area contributed by atoms with Crippen LogP contribution in [0.4, 0.5) is 0 Å². The number of carbonyl (C=O) groups is 1. The molecule has 0 saturated heterocycles. The summed E-state index contributed by atoms with van der Waals surface area (Å²) >= 11 is 0. The molecule has 0 spiro atoms. The molecule has 1 heterocycles. The topological polar surface area (TPSA) is 42.0 Å². The molecule has 2 aromatic carbocycles. The van der Waals surface area contributed by atoms with E-state index in [4.69, 9.17) is 0 Å². The lowest BCUT2D eigenvalue weighted by Crippen LogP contribution is -2.27. The standard InChI is InChI=1S/C19H18N2O/c1-13-7-3-5-9-17(13)14(2)21-19(22)16-11-15-8-4-6-10-18(15)20-12-16/h3-12,14H,1-2H3,(H,21,22). The van der Waals surface area contributed by atoms with Gasteiger partial charge in [-0.3, -0.25) is 9.78 Å². The Hall–Kier alpha value is -2.68. The van der Waals surface area contributed by atoms with Crippen LogP contribution in [0.15, 0.2) is 60.8 Å². The first-order valence-electron chi connectivity index (χ1n) is 7.36. The molecule has 3 rings (SSSR count). The van der Waals surface area contributed by atoms with Gasteiger partial charge in [-0.15, -0.1) is 0 Å². The Labute approximate surface area is 130 Å². The first kappa shape index (κ1) is 14.3. The minimum Gasteiger partial charge on any atom is -0.345 e. The minimum absolute atomic E-state index is 0.0415. The highest BCUT2D eigenvalue weighted by molar-refractivity contribution is 5.97. The van der Waals surface area contributed by atoms with Crippen LogP contribution in [0.5, 0.6) is 0 Å². The molecule has 0 aliphatic heterocycles. The van der Waals surface area contributed by atoms with Crippen LogP contribution in [0.2, 0.25) is 0 Å². The number of aryl methyl sites for hydroxylation is 1. The first-order valence-corrected chi connectivity index (χ1v) is 7.36. The van der Waals surface area contributed by atoms with Gasteiger partial charge in [0.2, 0.25) is 0 Å². The Morgan fingerprint density at radius 3 is 2.64 bits per heavy atom.